The molecule has 1 aromatic carbocycles. The van der Waals surface area contributed by atoms with E-state index < -0.39 is 0 Å². The zero-order valence-electron chi connectivity index (χ0n) is 12.0. The minimum Gasteiger partial charge on any atom is -0.328 e. The van der Waals surface area contributed by atoms with Crippen LogP contribution < -0.4 is 5.73 Å². The van der Waals surface area contributed by atoms with E-state index in [1.54, 1.807) is 0 Å². The molecule has 0 saturated heterocycles. The van der Waals surface area contributed by atoms with Gasteiger partial charge in [0, 0.05) is 32.7 Å². The predicted molar refractivity (Wildman–Crippen MR) is 72.9 cm³/mol. The quantitative estimate of drug-likeness (QED) is 0.869. The summed E-state index contributed by atoms with van der Waals surface area (Å²) in [6.07, 6.45) is 2.01. The fraction of sp³-hybridized carbons (Fsp3) is 0.533. The second-order valence-electron chi connectivity index (χ2n) is 5.61. The molecule has 0 heterocycles. The van der Waals surface area contributed by atoms with Gasteiger partial charge in [0.25, 0.3) is 0 Å². The van der Waals surface area contributed by atoms with Crippen molar-refractivity contribution < 1.29 is 37.5 Å². The van der Waals surface area contributed by atoms with Gasteiger partial charge < -0.3 is 10.5 Å². The van der Waals surface area contributed by atoms with Crippen molar-refractivity contribution in [1.82, 2.24) is 0 Å². The van der Waals surface area contributed by atoms with Crippen molar-refractivity contribution in [3.63, 3.8) is 0 Å². The van der Waals surface area contributed by atoms with Gasteiger partial charge in [-0.2, -0.15) is 35.4 Å². The van der Waals surface area contributed by atoms with Crippen LogP contribution >= 0.6 is 0 Å². The van der Waals surface area contributed by atoms with Gasteiger partial charge in [0.1, 0.15) is 6.79 Å². The molecule has 0 spiro atoms. The Morgan fingerprint density at radius 1 is 1.33 bits per heavy atom. The summed E-state index contributed by atoms with van der Waals surface area (Å²) in [6.45, 7) is 10.7. The summed E-state index contributed by atoms with van der Waals surface area (Å²) in [6, 6.07) is 9.76. The molecule has 3 heteroatoms. The molecular weight excluding hydrogens is 299 g/mol. The molecule has 18 heavy (non-hydrogen) atoms. The Bertz CT molecular complexity index is 316. The second kappa shape index (κ2) is 9.83. The first-order chi connectivity index (χ1) is 7.87. The van der Waals surface area contributed by atoms with E-state index in [0.717, 1.165) is 12.8 Å². The van der Waals surface area contributed by atoms with Gasteiger partial charge in [-0.3, -0.25) is 0 Å². The molecule has 1 aromatic rings. The van der Waals surface area contributed by atoms with Gasteiger partial charge >= 0.3 is 0 Å². The van der Waals surface area contributed by atoms with Crippen LogP contribution in [0.3, 0.4) is 0 Å². The Hall–Kier alpha value is -0.0461. The van der Waals surface area contributed by atoms with Crippen molar-refractivity contribution in [1.29, 1.82) is 0 Å². The Kier molecular flexibility index (Phi) is 11.1. The standard InChI is InChI=1S/C14H22N.CH2O.Y/c1-11-5-7-12(8-6-11)9-13(15)10-14(2,3)4;1-2;/h5,7-8,13H,9-10,15H2,1-4H3;1H2;/q-1;;. The van der Waals surface area contributed by atoms with Crippen LogP contribution in [0.5, 0.6) is 0 Å². The predicted octanol–water partition coefficient (Wildman–Crippen LogP) is 2.91. The summed E-state index contributed by atoms with van der Waals surface area (Å²) < 4.78 is 0. The number of rotatable bonds is 3. The van der Waals surface area contributed by atoms with E-state index in [-0.39, 0.29) is 38.8 Å². The molecule has 0 aliphatic carbocycles. The molecule has 1 rings (SSSR count). The molecule has 0 aliphatic heterocycles. The summed E-state index contributed by atoms with van der Waals surface area (Å²) in [7, 11) is 0. The SMILES string of the molecule is C=O.Cc1[c-]cc(CC(N)CC(C)(C)C)cc1.[Y]. The van der Waals surface area contributed by atoms with Crippen molar-refractivity contribution in [2.75, 3.05) is 0 Å². The number of aryl methyl sites for hydroxylation is 1. The molecule has 2 nitrogen and oxygen atoms in total. The fourth-order valence-corrected chi connectivity index (χ4v) is 1.82. The normalized spacial score (nSPS) is 11.8. The number of nitrogens with two attached hydrogens (primary N) is 1. The first-order valence-corrected chi connectivity index (χ1v) is 5.88. The first kappa shape index (κ1) is 20.3. The van der Waals surface area contributed by atoms with Gasteiger partial charge in [-0.1, -0.05) is 34.1 Å². The maximum Gasteiger partial charge on any atom is 0.106 e. The number of benzene rings is 1. The third-order valence-electron chi connectivity index (χ3n) is 2.41. The number of hydrogen-bond acceptors (Lipinski definition) is 2. The Balaban J connectivity index is 0. The molecule has 99 valence electrons. The summed E-state index contributed by atoms with van der Waals surface area (Å²) in [4.78, 5) is 8.00. The van der Waals surface area contributed by atoms with E-state index >= 15 is 0 Å². The van der Waals surface area contributed by atoms with E-state index in [9.17, 15) is 0 Å². The van der Waals surface area contributed by atoms with Crippen LogP contribution in [0.25, 0.3) is 0 Å². The van der Waals surface area contributed by atoms with Gasteiger partial charge in [0.05, 0.1) is 0 Å². The van der Waals surface area contributed by atoms with Crippen molar-refractivity contribution in [2.45, 2.75) is 46.6 Å². The molecule has 1 radical (unpaired) electrons. The monoisotopic (exact) mass is 323 g/mol. The molecule has 2 N–H and O–H groups in total. The van der Waals surface area contributed by atoms with Gasteiger partial charge in [-0.05, 0) is 17.9 Å². The molecule has 0 fully saturated rings. The largest absolute Gasteiger partial charge is 0.328 e. The van der Waals surface area contributed by atoms with Gasteiger partial charge in [0.15, 0.2) is 0 Å². The maximum atomic E-state index is 8.00. The average molecular weight is 323 g/mol. The summed E-state index contributed by atoms with van der Waals surface area (Å²) in [5.74, 6) is 0. The molecule has 1 unspecified atom stereocenters. The Morgan fingerprint density at radius 2 is 1.89 bits per heavy atom. The average Bonchev–Trinajstić information content (AvgIpc) is 2.22. The van der Waals surface area contributed by atoms with Crippen LogP contribution in [0.1, 0.15) is 38.3 Å². The van der Waals surface area contributed by atoms with E-state index in [2.05, 4.69) is 52.0 Å². The van der Waals surface area contributed by atoms with Crippen molar-refractivity contribution >= 4 is 6.79 Å². The fourth-order valence-electron chi connectivity index (χ4n) is 1.82. The van der Waals surface area contributed by atoms with Crippen LogP contribution in [0.15, 0.2) is 18.2 Å². The molecule has 0 aromatic heterocycles. The molecule has 1 atom stereocenters. The molecular formula is C15H24NOY-. The van der Waals surface area contributed by atoms with Gasteiger partial charge in [-0.25, -0.2) is 0 Å². The zero-order valence-corrected chi connectivity index (χ0v) is 14.8. The van der Waals surface area contributed by atoms with Crippen molar-refractivity contribution in [2.24, 2.45) is 11.1 Å². The van der Waals surface area contributed by atoms with Crippen LogP contribution in [-0.4, -0.2) is 12.8 Å². The first-order valence-electron chi connectivity index (χ1n) is 5.88. The molecule has 0 saturated carbocycles. The minimum atomic E-state index is 0. The Morgan fingerprint density at radius 3 is 2.28 bits per heavy atom. The molecule has 0 bridgehead atoms. The van der Waals surface area contributed by atoms with Gasteiger partial charge in [0.2, 0.25) is 0 Å². The summed E-state index contributed by atoms with van der Waals surface area (Å²) in [5.41, 5.74) is 8.90. The Labute approximate surface area is 137 Å². The minimum absolute atomic E-state index is 0. The van der Waals surface area contributed by atoms with Crippen LogP contribution in [0, 0.1) is 18.4 Å². The summed E-state index contributed by atoms with van der Waals surface area (Å²) >= 11 is 0. The maximum absolute atomic E-state index is 8.00. The van der Waals surface area contributed by atoms with Crippen LogP contribution in [0.4, 0.5) is 0 Å². The molecule has 0 aliphatic rings. The molecule has 0 amide bonds. The number of carbonyl (C=O) groups is 1. The second-order valence-corrected chi connectivity index (χ2v) is 5.61. The smallest absolute Gasteiger partial charge is 0.106 e. The van der Waals surface area contributed by atoms with E-state index in [0.29, 0.717) is 5.41 Å². The van der Waals surface area contributed by atoms with E-state index in [4.69, 9.17) is 10.5 Å². The zero-order chi connectivity index (χ0) is 13.5. The van der Waals surface area contributed by atoms with E-state index in [1.807, 2.05) is 6.79 Å². The third-order valence-corrected chi connectivity index (χ3v) is 2.41. The summed E-state index contributed by atoms with van der Waals surface area (Å²) in [5, 5.41) is 0. The van der Waals surface area contributed by atoms with Gasteiger partial charge in [-0.15, -0.1) is 0 Å². The van der Waals surface area contributed by atoms with Crippen molar-refractivity contribution in [3.8, 4) is 0 Å². The topological polar surface area (TPSA) is 43.1 Å². The number of hydrogen-bond donors (Lipinski definition) is 1. The third kappa shape index (κ3) is 9.93. The van der Waals surface area contributed by atoms with Crippen molar-refractivity contribution in [3.05, 3.63) is 35.4 Å². The van der Waals surface area contributed by atoms with E-state index in [1.165, 1.54) is 11.1 Å². The van der Waals surface area contributed by atoms with Crippen LogP contribution in [0.2, 0.25) is 0 Å². The number of carbonyl (C=O) groups excluding carboxylic acids is 1. The van der Waals surface area contributed by atoms with Crippen LogP contribution in [-0.2, 0) is 43.9 Å².